The smallest absolute Gasteiger partial charge is 0.272 e. The molecule has 0 bridgehead atoms. The number of halogens is 4. The lowest BCUT2D eigenvalue weighted by atomic mass is 9.67. The highest BCUT2D eigenvalue weighted by atomic mass is 19.3. The summed E-state index contributed by atoms with van der Waals surface area (Å²) in [7, 11) is 0. The summed E-state index contributed by atoms with van der Waals surface area (Å²) >= 11 is 0. The van der Waals surface area contributed by atoms with Gasteiger partial charge in [-0.15, -0.1) is 0 Å². The highest BCUT2D eigenvalue weighted by Crippen LogP contribution is 2.48. The van der Waals surface area contributed by atoms with Gasteiger partial charge in [-0.1, -0.05) is 5.16 Å². The number of primary amides is 1. The molecule has 11 nitrogen and oxygen atoms in total. The van der Waals surface area contributed by atoms with Crippen molar-refractivity contribution < 1.29 is 36.5 Å². The number of rotatable bonds is 9. The molecule has 2 saturated carbocycles. The van der Waals surface area contributed by atoms with Gasteiger partial charge >= 0.3 is 0 Å². The largest absolute Gasteiger partial charge is 0.364 e. The fourth-order valence-corrected chi connectivity index (χ4v) is 6.82. The Morgan fingerprint density at radius 2 is 1.84 bits per heavy atom. The first-order chi connectivity index (χ1) is 20.4. The molecule has 3 fully saturated rings. The molecule has 3 aliphatic rings. The van der Waals surface area contributed by atoms with Crippen molar-refractivity contribution in [3.8, 4) is 0 Å². The van der Waals surface area contributed by atoms with Crippen molar-refractivity contribution in [3.05, 3.63) is 41.1 Å². The molecule has 3 N–H and O–H groups in total. The summed E-state index contributed by atoms with van der Waals surface area (Å²) in [4.78, 5) is 29.4. The topological polar surface area (TPSA) is 151 Å². The van der Waals surface area contributed by atoms with E-state index in [1.165, 1.54) is 0 Å². The number of fused-ring (bicyclic) bond motifs is 1. The molecule has 3 aromatic rings. The van der Waals surface area contributed by atoms with Crippen LogP contribution in [0.1, 0.15) is 85.4 Å². The van der Waals surface area contributed by atoms with Crippen molar-refractivity contribution in [1.29, 1.82) is 0 Å². The molecule has 1 saturated heterocycles. The van der Waals surface area contributed by atoms with Crippen LogP contribution in [-0.2, 0) is 27.8 Å². The van der Waals surface area contributed by atoms with E-state index < -0.39 is 29.4 Å². The van der Waals surface area contributed by atoms with E-state index in [4.69, 9.17) is 20.1 Å². The summed E-state index contributed by atoms with van der Waals surface area (Å²) in [5.74, 6) is -6.99. The van der Waals surface area contributed by atoms with Crippen molar-refractivity contribution in [3.63, 3.8) is 0 Å². The van der Waals surface area contributed by atoms with Crippen LogP contribution < -0.4 is 11.1 Å². The lowest BCUT2D eigenvalue weighted by Gasteiger charge is -2.39. The van der Waals surface area contributed by atoms with E-state index >= 15 is 0 Å². The van der Waals surface area contributed by atoms with Crippen LogP contribution in [0, 0.1) is 11.8 Å². The van der Waals surface area contributed by atoms with Gasteiger partial charge in [-0.2, -0.15) is 5.10 Å². The van der Waals surface area contributed by atoms with E-state index in [0.717, 1.165) is 5.69 Å². The Bertz CT molecular complexity index is 1490. The molecule has 0 aromatic carbocycles. The fourth-order valence-electron chi connectivity index (χ4n) is 6.82. The monoisotopic (exact) mass is 607 g/mol. The van der Waals surface area contributed by atoms with Gasteiger partial charge in [0, 0.05) is 56.7 Å². The third kappa shape index (κ3) is 6.22. The number of alkyl halides is 4. The number of hydrogen-bond donors (Lipinski definition) is 2. The maximum atomic E-state index is 14.5. The minimum absolute atomic E-state index is 0.0183. The van der Waals surface area contributed by atoms with Gasteiger partial charge in [0.15, 0.2) is 11.3 Å². The maximum absolute atomic E-state index is 14.5. The van der Waals surface area contributed by atoms with Gasteiger partial charge in [-0.3, -0.25) is 9.59 Å². The van der Waals surface area contributed by atoms with Crippen molar-refractivity contribution in [2.45, 2.75) is 94.1 Å². The Morgan fingerprint density at radius 1 is 1.07 bits per heavy atom. The number of carbonyl (C=O) groups excluding carboxylic acids is 2. The van der Waals surface area contributed by atoms with E-state index in [0.29, 0.717) is 37.2 Å². The predicted molar refractivity (Wildman–Crippen MR) is 141 cm³/mol. The summed E-state index contributed by atoms with van der Waals surface area (Å²) < 4.78 is 67.6. The van der Waals surface area contributed by atoms with E-state index in [9.17, 15) is 27.2 Å². The molecule has 2 amide bonds. The first-order valence-electron chi connectivity index (χ1n) is 14.5. The molecule has 15 heteroatoms. The third-order valence-corrected chi connectivity index (χ3v) is 9.07. The molecule has 3 aromatic heterocycles. The van der Waals surface area contributed by atoms with E-state index in [2.05, 4.69) is 20.7 Å². The highest BCUT2D eigenvalue weighted by Gasteiger charge is 2.49. The molecule has 2 atom stereocenters. The van der Waals surface area contributed by atoms with Gasteiger partial charge in [0.05, 0.1) is 11.4 Å². The van der Waals surface area contributed by atoms with Crippen molar-refractivity contribution >= 4 is 17.5 Å². The molecule has 0 radical (unpaired) electrons. The van der Waals surface area contributed by atoms with Crippen molar-refractivity contribution in [2.75, 3.05) is 6.61 Å². The second-order valence-corrected chi connectivity index (χ2v) is 12.3. The second-order valence-electron chi connectivity index (χ2n) is 12.3. The zero-order valence-electron chi connectivity index (χ0n) is 23.4. The molecule has 4 heterocycles. The second kappa shape index (κ2) is 11.1. The van der Waals surface area contributed by atoms with Crippen LogP contribution in [0.15, 0.2) is 23.0 Å². The van der Waals surface area contributed by atoms with Gasteiger partial charge in [-0.25, -0.2) is 31.7 Å². The van der Waals surface area contributed by atoms with Crippen LogP contribution in [0.4, 0.5) is 17.6 Å². The number of carbonyl (C=O) groups is 2. The van der Waals surface area contributed by atoms with Crippen LogP contribution in [0.2, 0.25) is 0 Å². The first kappa shape index (κ1) is 29.5. The Kier molecular flexibility index (Phi) is 7.63. The van der Waals surface area contributed by atoms with E-state index in [-0.39, 0.29) is 80.5 Å². The molecule has 43 heavy (non-hydrogen) atoms. The number of amides is 2. The van der Waals surface area contributed by atoms with Crippen LogP contribution in [0.3, 0.4) is 0 Å². The molecule has 1 aliphatic heterocycles. The Labute approximate surface area is 243 Å². The van der Waals surface area contributed by atoms with Crippen LogP contribution >= 0.6 is 0 Å². The van der Waals surface area contributed by atoms with Gasteiger partial charge in [0.2, 0.25) is 17.8 Å². The molecular weight excluding hydrogens is 574 g/mol. The molecular formula is C28H33F4N7O4. The van der Waals surface area contributed by atoms with E-state index in [1.807, 2.05) is 0 Å². The average molecular weight is 608 g/mol. The first-order valence-corrected chi connectivity index (χ1v) is 14.5. The van der Waals surface area contributed by atoms with Crippen LogP contribution in [0.25, 0.3) is 5.65 Å². The Morgan fingerprint density at radius 3 is 2.56 bits per heavy atom. The molecule has 0 unspecified atom stereocenters. The minimum Gasteiger partial charge on any atom is -0.364 e. The third-order valence-electron chi connectivity index (χ3n) is 9.07. The van der Waals surface area contributed by atoms with Crippen molar-refractivity contribution in [1.82, 2.24) is 30.2 Å². The lowest BCUT2D eigenvalue weighted by molar-refractivity contribution is -0.138. The summed E-state index contributed by atoms with van der Waals surface area (Å²) in [6, 6.07) is 3.52. The summed E-state index contributed by atoms with van der Waals surface area (Å²) in [5, 5.41) is 14.9. The number of nitrogens with zero attached hydrogens (tertiary/aromatic N) is 5. The predicted octanol–water partition coefficient (Wildman–Crippen LogP) is 3.75. The molecule has 6 rings (SSSR count). The standard InChI is InChI=1S/C28H33F4N7O4/c29-27(30)6-4-26(5-7-27,15-18-23(25(33)41)38-43-37-18)24-19(39-20(35-24)2-1-8-34-39)10-16-3-9-42-22(12-16)36-21(40)11-17-13-28(31,32)14-17/h1-2,8,16-17,22H,3-7,9-15H2,(H2,33,41)(H,36,40)/t16-,22+/m0/s1. The zero-order chi connectivity index (χ0) is 30.4. The van der Waals surface area contributed by atoms with Crippen molar-refractivity contribution in [2.24, 2.45) is 17.6 Å². The maximum Gasteiger partial charge on any atom is 0.272 e. The Balaban J connectivity index is 1.26. The summed E-state index contributed by atoms with van der Waals surface area (Å²) in [6.45, 7) is 0.376. The SMILES string of the molecule is NC(=O)c1nonc1CC1(c2nc3cccnn3c2C[C@@H]2CCO[C@@H](NC(=O)CC3CC(F)(F)C3)C2)CCC(F)(F)CC1. The zero-order valence-corrected chi connectivity index (χ0v) is 23.4. The lowest BCUT2D eigenvalue weighted by Crippen LogP contribution is -2.44. The Hall–Kier alpha value is -3.62. The number of imidazole rings is 1. The minimum atomic E-state index is -2.84. The molecule has 232 valence electrons. The highest BCUT2D eigenvalue weighted by molar-refractivity contribution is 5.91. The van der Waals surface area contributed by atoms with Crippen LogP contribution in [-0.4, -0.2) is 61.4 Å². The number of aromatic nitrogens is 5. The van der Waals surface area contributed by atoms with Gasteiger partial charge in [-0.05, 0) is 61.2 Å². The van der Waals surface area contributed by atoms with Gasteiger partial charge < -0.3 is 15.8 Å². The normalized spacial score (nSPS) is 24.8. The summed E-state index contributed by atoms with van der Waals surface area (Å²) in [6.07, 6.45) is 1.60. The molecule has 2 aliphatic carbocycles. The van der Waals surface area contributed by atoms with Crippen LogP contribution in [0.5, 0.6) is 0 Å². The molecule has 0 spiro atoms. The van der Waals surface area contributed by atoms with E-state index in [1.54, 1.807) is 22.8 Å². The summed E-state index contributed by atoms with van der Waals surface area (Å²) in [5.41, 5.74) is 6.48. The number of nitrogens with one attached hydrogen (secondary N) is 1. The number of nitrogens with two attached hydrogens (primary N) is 1. The average Bonchev–Trinajstić information content (AvgIpc) is 3.54. The quantitative estimate of drug-likeness (QED) is 0.349. The van der Waals surface area contributed by atoms with Gasteiger partial charge in [0.1, 0.15) is 11.9 Å². The van der Waals surface area contributed by atoms with Gasteiger partial charge in [0.25, 0.3) is 5.91 Å². The number of ether oxygens (including phenoxy) is 1. The fraction of sp³-hybridized carbons (Fsp3) is 0.643. The number of hydrogen-bond acceptors (Lipinski definition) is 8.